The number of para-hydroxylation sites is 1. The van der Waals surface area contributed by atoms with Gasteiger partial charge < -0.3 is 14.3 Å². The van der Waals surface area contributed by atoms with E-state index in [4.69, 9.17) is 9.79 Å². The first-order chi connectivity index (χ1) is 17.1. The van der Waals surface area contributed by atoms with Crippen LogP contribution in [0.2, 0.25) is 0 Å². The van der Waals surface area contributed by atoms with Crippen LogP contribution in [0.1, 0.15) is 136 Å². The zero-order chi connectivity index (χ0) is 25.8. The summed E-state index contributed by atoms with van der Waals surface area (Å²) < 4.78 is 4.59. The fourth-order valence-electron chi connectivity index (χ4n) is 4.26. The first-order valence-electron chi connectivity index (χ1n) is 14.8. The molecule has 0 aliphatic carbocycles. The van der Waals surface area contributed by atoms with Gasteiger partial charge in [-0.25, -0.2) is 0 Å². The third kappa shape index (κ3) is 26.7. The Labute approximate surface area is 221 Å². The van der Waals surface area contributed by atoms with Gasteiger partial charge in [0.2, 0.25) is 0 Å². The topological polar surface area (TPSA) is 49.7 Å². The van der Waals surface area contributed by atoms with Crippen LogP contribution in [0, 0.1) is 0 Å². The van der Waals surface area contributed by atoms with Crippen molar-refractivity contribution in [2.45, 2.75) is 136 Å². The molecule has 0 bridgehead atoms. The lowest BCUT2D eigenvalue weighted by atomic mass is 10.1. The zero-order valence-corrected chi connectivity index (χ0v) is 25.2. The molecule has 0 saturated heterocycles. The average molecular weight is 529 g/mol. The highest BCUT2D eigenvalue weighted by Crippen LogP contribution is 2.39. The Hall–Kier alpha value is -0.200. The monoisotopic (exact) mass is 528 g/mol. The number of rotatable bonds is 23. The average Bonchev–Trinajstić information content (AvgIpc) is 2.85. The van der Waals surface area contributed by atoms with Gasteiger partial charge in [0.15, 0.2) is 0 Å². The summed E-state index contributed by atoms with van der Waals surface area (Å²) in [4.78, 5) is 16.8. The molecule has 0 atom stereocenters. The molecule has 5 heteroatoms. The van der Waals surface area contributed by atoms with Gasteiger partial charge in [-0.3, -0.25) is 0 Å². The van der Waals surface area contributed by atoms with Gasteiger partial charge in [-0.1, -0.05) is 135 Å². The van der Waals surface area contributed by atoms with E-state index in [-0.39, 0.29) is 0 Å². The molecule has 0 amide bonds. The van der Waals surface area contributed by atoms with Crippen molar-refractivity contribution in [2.24, 2.45) is 0 Å². The van der Waals surface area contributed by atoms with Crippen molar-refractivity contribution in [3.05, 3.63) is 30.3 Å². The molecule has 0 heterocycles. The van der Waals surface area contributed by atoms with Gasteiger partial charge in [-0.15, -0.1) is 7.92 Å². The maximum Gasteiger partial charge on any atom is 0.391 e. The van der Waals surface area contributed by atoms with E-state index >= 15 is 0 Å². The van der Waals surface area contributed by atoms with E-state index in [1.807, 2.05) is 6.07 Å². The molecule has 3 nitrogen and oxygen atoms in total. The summed E-state index contributed by atoms with van der Waals surface area (Å²) in [7, 11) is -1.91. The standard InChI is InChI=1S/C24H51P.C6H7O3P/c1-4-7-10-13-16-19-22-25(23-20-17-14-11-8-5-2)24-21-18-15-12-9-6-3;7-10(8)9-6-4-2-1-3-5-6/h4-24H2,1-3H3;1-5,7-8H. The molecule has 0 spiro atoms. The summed E-state index contributed by atoms with van der Waals surface area (Å²) in [5, 5.41) is 0. The lowest BCUT2D eigenvalue weighted by Crippen LogP contribution is -1.97. The summed E-state index contributed by atoms with van der Waals surface area (Å²) in [6, 6.07) is 8.65. The molecule has 206 valence electrons. The van der Waals surface area contributed by atoms with Crippen molar-refractivity contribution in [1.29, 1.82) is 0 Å². The molecule has 0 aliphatic heterocycles. The molecular weight excluding hydrogens is 470 g/mol. The van der Waals surface area contributed by atoms with Gasteiger partial charge >= 0.3 is 8.60 Å². The Morgan fingerprint density at radius 2 is 0.857 bits per heavy atom. The van der Waals surface area contributed by atoms with Crippen LogP contribution in [0.4, 0.5) is 0 Å². The second-order valence-corrected chi connectivity index (χ2v) is 13.2. The van der Waals surface area contributed by atoms with Crippen LogP contribution < -0.4 is 4.52 Å². The van der Waals surface area contributed by atoms with Crippen LogP contribution in [0.25, 0.3) is 0 Å². The van der Waals surface area contributed by atoms with Crippen molar-refractivity contribution in [1.82, 2.24) is 0 Å². The maximum atomic E-state index is 8.40. The highest BCUT2D eigenvalue weighted by Gasteiger charge is 2.08. The minimum Gasteiger partial charge on any atom is -0.427 e. The third-order valence-corrected chi connectivity index (χ3v) is 9.63. The molecule has 0 aromatic heterocycles. The molecule has 0 aliphatic rings. The van der Waals surface area contributed by atoms with E-state index in [1.165, 1.54) is 116 Å². The van der Waals surface area contributed by atoms with Crippen LogP contribution in [-0.2, 0) is 0 Å². The predicted molar refractivity (Wildman–Crippen MR) is 160 cm³/mol. The van der Waals surface area contributed by atoms with E-state index in [1.54, 1.807) is 42.8 Å². The number of hydrogen-bond acceptors (Lipinski definition) is 3. The summed E-state index contributed by atoms with van der Waals surface area (Å²) in [6.45, 7) is 6.96. The van der Waals surface area contributed by atoms with E-state index < -0.39 is 8.60 Å². The molecule has 0 saturated carbocycles. The van der Waals surface area contributed by atoms with Crippen LogP contribution in [0.3, 0.4) is 0 Å². The van der Waals surface area contributed by atoms with E-state index in [0.717, 1.165) is 0 Å². The Kier molecular flexibility index (Phi) is 28.2. The first kappa shape index (κ1) is 34.8. The van der Waals surface area contributed by atoms with Crippen molar-refractivity contribution >= 4 is 16.5 Å². The minimum absolute atomic E-state index is 0.366. The van der Waals surface area contributed by atoms with E-state index in [2.05, 4.69) is 25.3 Å². The molecule has 1 rings (SSSR count). The zero-order valence-electron chi connectivity index (χ0n) is 23.4. The number of hydrogen-bond donors (Lipinski definition) is 2. The summed E-state index contributed by atoms with van der Waals surface area (Å²) in [5.41, 5.74) is 0. The second kappa shape index (κ2) is 28.4. The van der Waals surface area contributed by atoms with Crippen molar-refractivity contribution in [3.8, 4) is 5.75 Å². The molecule has 0 unspecified atom stereocenters. The predicted octanol–water partition coefficient (Wildman–Crippen LogP) is 10.8. The molecule has 1 aromatic rings. The van der Waals surface area contributed by atoms with Gasteiger partial charge in [0.05, 0.1) is 0 Å². The van der Waals surface area contributed by atoms with Gasteiger partial charge in [0.25, 0.3) is 0 Å². The van der Waals surface area contributed by atoms with Crippen molar-refractivity contribution in [2.75, 3.05) is 18.5 Å². The van der Waals surface area contributed by atoms with E-state index in [9.17, 15) is 0 Å². The quantitative estimate of drug-likeness (QED) is 0.110. The van der Waals surface area contributed by atoms with Gasteiger partial charge in [0, 0.05) is 0 Å². The molecular formula is C30H58O3P2. The molecule has 35 heavy (non-hydrogen) atoms. The van der Waals surface area contributed by atoms with Crippen LogP contribution >= 0.6 is 16.5 Å². The molecule has 2 N–H and O–H groups in total. The molecule has 0 radical (unpaired) electrons. The maximum absolute atomic E-state index is 8.40. The lowest BCUT2D eigenvalue weighted by molar-refractivity contribution is 0.375. The Balaban J connectivity index is 0.000000952. The summed E-state index contributed by atoms with van der Waals surface area (Å²) in [6.07, 6.45) is 31.2. The Morgan fingerprint density at radius 3 is 1.20 bits per heavy atom. The largest absolute Gasteiger partial charge is 0.427 e. The third-order valence-electron chi connectivity index (χ3n) is 6.41. The first-order valence-corrected chi connectivity index (χ1v) is 17.8. The van der Waals surface area contributed by atoms with Gasteiger partial charge in [-0.05, 0) is 49.9 Å². The molecule has 1 aromatic carbocycles. The minimum atomic E-state index is -2.28. The molecule has 0 fully saturated rings. The van der Waals surface area contributed by atoms with Crippen molar-refractivity contribution in [3.63, 3.8) is 0 Å². The summed E-state index contributed by atoms with van der Waals surface area (Å²) >= 11 is 0. The fourth-order valence-corrected chi connectivity index (χ4v) is 7.25. The highest BCUT2D eigenvalue weighted by atomic mass is 31.2. The summed E-state index contributed by atoms with van der Waals surface area (Å²) in [5.74, 6) is 0.471. The Bertz CT molecular complexity index is 476. The lowest BCUT2D eigenvalue weighted by Gasteiger charge is -2.18. The highest BCUT2D eigenvalue weighted by molar-refractivity contribution is 7.57. The van der Waals surface area contributed by atoms with Gasteiger partial charge in [0.1, 0.15) is 5.75 Å². The van der Waals surface area contributed by atoms with Crippen molar-refractivity contribution < 1.29 is 14.3 Å². The smallest absolute Gasteiger partial charge is 0.391 e. The Morgan fingerprint density at radius 1 is 0.514 bits per heavy atom. The normalized spacial score (nSPS) is 11.1. The number of benzene rings is 1. The van der Waals surface area contributed by atoms with Crippen LogP contribution in [-0.4, -0.2) is 28.3 Å². The van der Waals surface area contributed by atoms with E-state index in [0.29, 0.717) is 13.7 Å². The number of unbranched alkanes of at least 4 members (excludes halogenated alkanes) is 15. The SMILES string of the molecule is CCCCCCCCP(CCCCCCCC)CCCCCCCC.OP(O)Oc1ccccc1. The van der Waals surface area contributed by atoms with Crippen LogP contribution in [0.5, 0.6) is 5.75 Å². The fraction of sp³-hybridized carbons (Fsp3) is 0.800. The van der Waals surface area contributed by atoms with Gasteiger partial charge in [-0.2, -0.15) is 0 Å². The second-order valence-electron chi connectivity index (χ2n) is 9.80. The van der Waals surface area contributed by atoms with Crippen LogP contribution in [0.15, 0.2) is 30.3 Å².